The highest BCUT2D eigenvalue weighted by molar-refractivity contribution is 7.09. The molecule has 1 heterocycles. The predicted octanol–water partition coefficient (Wildman–Crippen LogP) is 2.17. The van der Waals surface area contributed by atoms with E-state index in [1.54, 1.807) is 35.6 Å². The summed E-state index contributed by atoms with van der Waals surface area (Å²) in [5.74, 6) is 0.309. The Morgan fingerprint density at radius 1 is 1.39 bits per heavy atom. The number of thiazole rings is 1. The SMILES string of the molecule is Cc1ncsc1CCOc1ccc(C(N)=O)cc1. The first-order valence-corrected chi connectivity index (χ1v) is 6.46. The fraction of sp³-hybridized carbons (Fsp3) is 0.231. The Hall–Kier alpha value is -1.88. The van der Waals surface area contributed by atoms with E-state index in [0.717, 1.165) is 17.9 Å². The topological polar surface area (TPSA) is 65.2 Å². The minimum atomic E-state index is -0.429. The summed E-state index contributed by atoms with van der Waals surface area (Å²) >= 11 is 1.64. The maximum absolute atomic E-state index is 10.9. The van der Waals surface area contributed by atoms with E-state index in [0.29, 0.717) is 12.2 Å². The summed E-state index contributed by atoms with van der Waals surface area (Å²) < 4.78 is 5.60. The highest BCUT2D eigenvalue weighted by Gasteiger charge is 2.03. The number of carbonyl (C=O) groups is 1. The average Bonchev–Trinajstić information content (AvgIpc) is 2.76. The van der Waals surface area contributed by atoms with Crippen LogP contribution in [0.3, 0.4) is 0 Å². The van der Waals surface area contributed by atoms with E-state index in [-0.39, 0.29) is 0 Å². The van der Waals surface area contributed by atoms with Crippen LogP contribution in [0.1, 0.15) is 20.9 Å². The van der Waals surface area contributed by atoms with Gasteiger partial charge in [-0.25, -0.2) is 4.98 Å². The van der Waals surface area contributed by atoms with Gasteiger partial charge < -0.3 is 10.5 Å². The molecular formula is C13H14N2O2S. The van der Waals surface area contributed by atoms with Crippen LogP contribution in [0, 0.1) is 6.92 Å². The summed E-state index contributed by atoms with van der Waals surface area (Å²) in [6, 6.07) is 6.82. The minimum Gasteiger partial charge on any atom is -0.493 e. The van der Waals surface area contributed by atoms with Crippen LogP contribution in [0.25, 0.3) is 0 Å². The number of carbonyl (C=O) groups excluding carboxylic acids is 1. The summed E-state index contributed by atoms with van der Waals surface area (Å²) in [6.07, 6.45) is 0.841. The molecule has 2 rings (SSSR count). The number of amides is 1. The molecule has 0 unspecified atom stereocenters. The molecule has 0 saturated heterocycles. The number of nitrogens with zero attached hydrogens (tertiary/aromatic N) is 1. The van der Waals surface area contributed by atoms with Crippen LogP contribution in [0.4, 0.5) is 0 Å². The fourth-order valence-corrected chi connectivity index (χ4v) is 2.31. The normalized spacial score (nSPS) is 10.3. The van der Waals surface area contributed by atoms with Gasteiger partial charge in [-0.15, -0.1) is 11.3 Å². The van der Waals surface area contributed by atoms with Gasteiger partial charge in [0.1, 0.15) is 5.75 Å². The number of rotatable bonds is 5. The summed E-state index contributed by atoms with van der Waals surface area (Å²) in [7, 11) is 0. The Morgan fingerprint density at radius 2 is 2.11 bits per heavy atom. The van der Waals surface area contributed by atoms with Gasteiger partial charge in [0.25, 0.3) is 0 Å². The molecule has 0 aliphatic carbocycles. The second kappa shape index (κ2) is 5.64. The van der Waals surface area contributed by atoms with Gasteiger partial charge in [-0.2, -0.15) is 0 Å². The van der Waals surface area contributed by atoms with Crippen molar-refractivity contribution in [3.63, 3.8) is 0 Å². The summed E-state index contributed by atoms with van der Waals surface area (Å²) in [4.78, 5) is 16.3. The Kier molecular flexibility index (Phi) is 3.94. The summed E-state index contributed by atoms with van der Waals surface area (Å²) in [5, 5.41) is 0. The van der Waals surface area contributed by atoms with E-state index >= 15 is 0 Å². The number of nitrogens with two attached hydrogens (primary N) is 1. The minimum absolute atomic E-state index is 0.429. The predicted molar refractivity (Wildman–Crippen MR) is 71.0 cm³/mol. The molecule has 0 aliphatic heterocycles. The van der Waals surface area contributed by atoms with Gasteiger partial charge in [-0.1, -0.05) is 0 Å². The molecule has 0 atom stereocenters. The van der Waals surface area contributed by atoms with Crippen molar-refractivity contribution in [1.82, 2.24) is 4.98 Å². The standard InChI is InChI=1S/C13H14N2O2S/c1-9-12(18-8-15-9)6-7-17-11-4-2-10(3-5-11)13(14)16/h2-5,8H,6-7H2,1H3,(H2,14,16). The van der Waals surface area contributed by atoms with E-state index in [1.165, 1.54) is 4.88 Å². The number of benzene rings is 1. The third-order valence-corrected chi connectivity index (χ3v) is 3.58. The van der Waals surface area contributed by atoms with E-state index in [1.807, 2.05) is 12.4 Å². The third kappa shape index (κ3) is 3.07. The lowest BCUT2D eigenvalue weighted by atomic mass is 10.2. The third-order valence-electron chi connectivity index (χ3n) is 2.58. The monoisotopic (exact) mass is 262 g/mol. The van der Waals surface area contributed by atoms with Crippen LogP contribution < -0.4 is 10.5 Å². The average molecular weight is 262 g/mol. The smallest absolute Gasteiger partial charge is 0.248 e. The van der Waals surface area contributed by atoms with Crippen molar-refractivity contribution in [3.8, 4) is 5.75 Å². The highest BCUT2D eigenvalue weighted by Crippen LogP contribution is 2.15. The fourth-order valence-electron chi connectivity index (χ4n) is 1.54. The van der Waals surface area contributed by atoms with Gasteiger partial charge in [0.2, 0.25) is 5.91 Å². The van der Waals surface area contributed by atoms with Crippen molar-refractivity contribution in [2.75, 3.05) is 6.61 Å². The lowest BCUT2D eigenvalue weighted by Gasteiger charge is -2.05. The Morgan fingerprint density at radius 3 is 2.67 bits per heavy atom. The zero-order valence-corrected chi connectivity index (χ0v) is 10.9. The molecule has 0 aliphatic rings. The Bertz CT molecular complexity index is 534. The van der Waals surface area contributed by atoms with Crippen molar-refractivity contribution in [2.24, 2.45) is 5.73 Å². The van der Waals surface area contributed by atoms with Gasteiger partial charge >= 0.3 is 0 Å². The number of ether oxygens (including phenoxy) is 1. The molecule has 0 saturated carbocycles. The van der Waals surface area contributed by atoms with E-state index in [9.17, 15) is 4.79 Å². The first-order valence-electron chi connectivity index (χ1n) is 5.58. The number of aromatic nitrogens is 1. The quantitative estimate of drug-likeness (QED) is 0.898. The summed E-state index contributed by atoms with van der Waals surface area (Å²) in [6.45, 7) is 2.59. The van der Waals surface area contributed by atoms with Crippen LogP contribution in [-0.2, 0) is 6.42 Å². The van der Waals surface area contributed by atoms with Crippen molar-refractivity contribution in [1.29, 1.82) is 0 Å². The van der Waals surface area contributed by atoms with Crippen LogP contribution in [-0.4, -0.2) is 17.5 Å². The van der Waals surface area contributed by atoms with Crippen molar-refractivity contribution < 1.29 is 9.53 Å². The van der Waals surface area contributed by atoms with Gasteiger partial charge in [0.15, 0.2) is 0 Å². The first kappa shape index (κ1) is 12.6. The van der Waals surface area contributed by atoms with Gasteiger partial charge in [0.05, 0.1) is 17.8 Å². The molecule has 1 aromatic heterocycles. The van der Waals surface area contributed by atoms with Crippen molar-refractivity contribution in [3.05, 3.63) is 45.9 Å². The summed E-state index contributed by atoms with van der Waals surface area (Å²) in [5.41, 5.74) is 8.55. The maximum atomic E-state index is 10.9. The second-order valence-electron chi connectivity index (χ2n) is 3.85. The zero-order valence-electron chi connectivity index (χ0n) is 10.1. The van der Waals surface area contributed by atoms with Crippen LogP contribution >= 0.6 is 11.3 Å². The molecule has 94 valence electrons. The number of aryl methyl sites for hydroxylation is 1. The molecular weight excluding hydrogens is 248 g/mol. The molecule has 2 N–H and O–H groups in total. The number of hydrogen-bond acceptors (Lipinski definition) is 4. The van der Waals surface area contributed by atoms with Gasteiger partial charge in [-0.05, 0) is 31.2 Å². The lowest BCUT2D eigenvalue weighted by molar-refractivity contribution is 0.100. The Labute approximate surface area is 109 Å². The molecule has 0 fully saturated rings. The molecule has 2 aromatic rings. The molecule has 0 spiro atoms. The van der Waals surface area contributed by atoms with Gasteiger partial charge in [-0.3, -0.25) is 4.79 Å². The van der Waals surface area contributed by atoms with Gasteiger partial charge in [0, 0.05) is 16.9 Å². The highest BCUT2D eigenvalue weighted by atomic mass is 32.1. The van der Waals surface area contributed by atoms with E-state index < -0.39 is 5.91 Å². The molecule has 0 bridgehead atoms. The molecule has 5 heteroatoms. The molecule has 1 aromatic carbocycles. The van der Waals surface area contributed by atoms with Crippen LogP contribution in [0.2, 0.25) is 0 Å². The van der Waals surface area contributed by atoms with Crippen LogP contribution in [0.5, 0.6) is 5.75 Å². The van der Waals surface area contributed by atoms with Crippen LogP contribution in [0.15, 0.2) is 29.8 Å². The number of hydrogen-bond donors (Lipinski definition) is 1. The Balaban J connectivity index is 1.87. The van der Waals surface area contributed by atoms with E-state index in [2.05, 4.69) is 4.98 Å². The maximum Gasteiger partial charge on any atom is 0.248 e. The van der Waals surface area contributed by atoms with Crippen molar-refractivity contribution in [2.45, 2.75) is 13.3 Å². The first-order chi connectivity index (χ1) is 8.66. The van der Waals surface area contributed by atoms with Crippen molar-refractivity contribution >= 4 is 17.2 Å². The van der Waals surface area contributed by atoms with E-state index in [4.69, 9.17) is 10.5 Å². The molecule has 0 radical (unpaired) electrons. The zero-order chi connectivity index (χ0) is 13.0. The largest absolute Gasteiger partial charge is 0.493 e. The number of primary amides is 1. The molecule has 1 amide bonds. The molecule has 4 nitrogen and oxygen atoms in total. The second-order valence-corrected chi connectivity index (χ2v) is 4.79. The lowest BCUT2D eigenvalue weighted by Crippen LogP contribution is -2.10. The molecule has 18 heavy (non-hydrogen) atoms.